The lowest BCUT2D eigenvalue weighted by Gasteiger charge is -2.21. The molecule has 0 radical (unpaired) electrons. The van der Waals surface area contributed by atoms with E-state index in [1.54, 1.807) is 30.5 Å². The summed E-state index contributed by atoms with van der Waals surface area (Å²) in [6.45, 7) is 1.35. The van der Waals surface area contributed by atoms with E-state index in [1.165, 1.54) is 43.4 Å². The van der Waals surface area contributed by atoms with Crippen LogP contribution < -0.4 is 25.8 Å². The molecule has 1 saturated carbocycles. The number of nitrogens with one attached hydrogen (secondary N) is 2. The molecule has 0 saturated heterocycles. The predicted octanol–water partition coefficient (Wildman–Crippen LogP) is 3.34. The molecule has 1 unspecified atom stereocenters. The Kier molecular flexibility index (Phi) is 11.3. The molecule has 1 aromatic carbocycles. The molecular formula is C25H36N4O5S. The fourth-order valence-corrected chi connectivity index (χ4v) is 4.75. The Balaban J connectivity index is 1.23. The minimum Gasteiger partial charge on any atom is -0.492 e. The summed E-state index contributed by atoms with van der Waals surface area (Å²) in [5.74, 6) is 0.950. The normalized spacial score (nSPS) is 14.9. The molecule has 1 fully saturated rings. The topological polar surface area (TPSA) is 136 Å². The number of thiazole rings is 1. The molecule has 0 spiro atoms. The van der Waals surface area contributed by atoms with E-state index in [1.807, 2.05) is 0 Å². The fourth-order valence-electron chi connectivity index (χ4n) is 4.06. The maximum absolute atomic E-state index is 12.2. The number of primary amides is 1. The number of ether oxygens (including phenoxy) is 2. The van der Waals surface area contributed by atoms with Crippen molar-refractivity contribution in [3.05, 3.63) is 36.0 Å². The van der Waals surface area contributed by atoms with E-state index in [0.29, 0.717) is 47.6 Å². The highest BCUT2D eigenvalue weighted by Gasteiger charge is 2.14. The lowest BCUT2D eigenvalue weighted by atomic mass is 9.86. The summed E-state index contributed by atoms with van der Waals surface area (Å²) in [5.41, 5.74) is 5.64. The van der Waals surface area contributed by atoms with Gasteiger partial charge in [-0.3, -0.25) is 9.59 Å². The second kappa shape index (κ2) is 14.7. The molecule has 0 aliphatic heterocycles. The Labute approximate surface area is 210 Å². The summed E-state index contributed by atoms with van der Waals surface area (Å²) in [4.78, 5) is 27.4. The summed E-state index contributed by atoms with van der Waals surface area (Å²) in [7, 11) is 0. The largest absolute Gasteiger partial charge is 0.492 e. The zero-order chi connectivity index (χ0) is 24.9. The third kappa shape index (κ3) is 10.2. The Morgan fingerprint density at radius 2 is 1.94 bits per heavy atom. The number of carbonyl (C=O) groups excluding carboxylic acids is 2. The van der Waals surface area contributed by atoms with Gasteiger partial charge in [-0.2, -0.15) is 0 Å². The van der Waals surface area contributed by atoms with Crippen LogP contribution in [-0.4, -0.2) is 54.3 Å². The van der Waals surface area contributed by atoms with Crippen molar-refractivity contribution in [2.75, 3.05) is 31.6 Å². The van der Waals surface area contributed by atoms with Crippen molar-refractivity contribution < 1.29 is 24.2 Å². The van der Waals surface area contributed by atoms with E-state index in [0.717, 1.165) is 18.8 Å². The molecule has 192 valence electrons. The third-order valence-corrected chi connectivity index (χ3v) is 6.78. The Hall–Kier alpha value is -2.69. The molecule has 1 aliphatic rings. The molecule has 35 heavy (non-hydrogen) atoms. The third-order valence-electron chi connectivity index (χ3n) is 5.95. The molecule has 10 heteroatoms. The van der Waals surface area contributed by atoms with Crippen molar-refractivity contribution in [3.8, 4) is 10.9 Å². The fraction of sp³-hybridized carbons (Fsp3) is 0.560. The highest BCUT2D eigenvalue weighted by atomic mass is 32.1. The van der Waals surface area contributed by atoms with Crippen LogP contribution in [-0.2, 0) is 4.79 Å². The second-order valence-electron chi connectivity index (χ2n) is 8.84. The van der Waals surface area contributed by atoms with Gasteiger partial charge in [0.05, 0.1) is 6.20 Å². The summed E-state index contributed by atoms with van der Waals surface area (Å²) in [6.07, 6.45) is 10.1. The minimum absolute atomic E-state index is 0.00581. The molecular weight excluding hydrogens is 468 g/mol. The van der Waals surface area contributed by atoms with Gasteiger partial charge in [-0.15, -0.1) is 0 Å². The first-order valence-electron chi connectivity index (χ1n) is 12.3. The number of amides is 2. The van der Waals surface area contributed by atoms with Crippen LogP contribution in [0.2, 0.25) is 0 Å². The Morgan fingerprint density at radius 1 is 1.17 bits per heavy atom. The van der Waals surface area contributed by atoms with Crippen molar-refractivity contribution in [3.63, 3.8) is 0 Å². The molecule has 2 aromatic rings. The number of rotatable bonds is 15. The van der Waals surface area contributed by atoms with Gasteiger partial charge in [0.1, 0.15) is 30.1 Å². The number of anilines is 1. The van der Waals surface area contributed by atoms with Crippen molar-refractivity contribution in [2.24, 2.45) is 11.7 Å². The van der Waals surface area contributed by atoms with E-state index in [4.69, 9.17) is 15.2 Å². The van der Waals surface area contributed by atoms with Gasteiger partial charge in [-0.05, 0) is 43.0 Å². The number of hydrogen-bond acceptors (Lipinski definition) is 8. The first-order chi connectivity index (χ1) is 17.0. The summed E-state index contributed by atoms with van der Waals surface area (Å²) < 4.78 is 11.1. The van der Waals surface area contributed by atoms with Crippen molar-refractivity contribution in [2.45, 2.75) is 57.5 Å². The predicted molar refractivity (Wildman–Crippen MR) is 136 cm³/mol. The summed E-state index contributed by atoms with van der Waals surface area (Å²) in [5, 5.41) is 17.1. The van der Waals surface area contributed by atoms with Crippen LogP contribution in [0.4, 0.5) is 5.00 Å². The highest BCUT2D eigenvalue weighted by Crippen LogP contribution is 2.28. The van der Waals surface area contributed by atoms with Crippen LogP contribution in [0, 0.1) is 5.92 Å². The number of aliphatic hydroxyl groups excluding tert-OH is 1. The van der Waals surface area contributed by atoms with Crippen LogP contribution in [0.25, 0.3) is 0 Å². The molecule has 5 N–H and O–H groups in total. The van der Waals surface area contributed by atoms with Gasteiger partial charge < -0.3 is 30.9 Å². The van der Waals surface area contributed by atoms with E-state index < -0.39 is 12.0 Å². The number of benzene rings is 1. The molecule has 3 rings (SSSR count). The Morgan fingerprint density at radius 3 is 2.69 bits per heavy atom. The zero-order valence-corrected chi connectivity index (χ0v) is 20.9. The van der Waals surface area contributed by atoms with Crippen LogP contribution in [0.15, 0.2) is 30.5 Å². The van der Waals surface area contributed by atoms with Gasteiger partial charge in [0.15, 0.2) is 0 Å². The number of nitrogens with zero attached hydrogens (tertiary/aromatic N) is 1. The second-order valence-corrected chi connectivity index (χ2v) is 9.83. The SMILES string of the molecule is NC(=O)c1ccc(OCCNCC(O)COc2ncc(NC(=O)CCCC3CCCCC3)s2)cc1. The van der Waals surface area contributed by atoms with Gasteiger partial charge in [-0.25, -0.2) is 4.98 Å². The minimum atomic E-state index is -0.716. The molecule has 1 aliphatic carbocycles. The smallest absolute Gasteiger partial charge is 0.275 e. The van der Waals surface area contributed by atoms with Gasteiger partial charge in [0.2, 0.25) is 11.8 Å². The van der Waals surface area contributed by atoms with E-state index in [-0.39, 0.29) is 12.5 Å². The van der Waals surface area contributed by atoms with Gasteiger partial charge in [0, 0.05) is 25.1 Å². The van der Waals surface area contributed by atoms with Crippen LogP contribution >= 0.6 is 11.3 Å². The lowest BCUT2D eigenvalue weighted by Crippen LogP contribution is -2.33. The average molecular weight is 505 g/mol. The quantitative estimate of drug-likeness (QED) is 0.273. The number of nitrogens with two attached hydrogens (primary N) is 1. The maximum atomic E-state index is 12.2. The highest BCUT2D eigenvalue weighted by molar-refractivity contribution is 7.17. The monoisotopic (exact) mass is 504 g/mol. The first kappa shape index (κ1) is 26.9. The molecule has 9 nitrogen and oxygen atoms in total. The van der Waals surface area contributed by atoms with Crippen LogP contribution in [0.1, 0.15) is 61.7 Å². The van der Waals surface area contributed by atoms with Crippen LogP contribution in [0.3, 0.4) is 0 Å². The number of aliphatic hydroxyl groups is 1. The standard InChI is InChI=1S/C25H36N4O5S/c26-24(32)19-9-11-21(12-10-19)33-14-13-27-15-20(30)17-34-25-28-16-23(35-25)29-22(31)8-4-7-18-5-2-1-3-6-18/h9-12,16,18,20,27,30H,1-8,13-15,17H2,(H2,26,32)(H,29,31). The number of aromatic nitrogens is 1. The molecule has 2 amide bonds. The van der Waals surface area contributed by atoms with E-state index in [9.17, 15) is 14.7 Å². The number of carbonyl (C=O) groups is 2. The van der Waals surface area contributed by atoms with Crippen LogP contribution in [0.5, 0.6) is 10.9 Å². The molecule has 0 bridgehead atoms. The molecule has 1 aromatic heterocycles. The van der Waals surface area contributed by atoms with Gasteiger partial charge >= 0.3 is 0 Å². The number of hydrogen-bond donors (Lipinski definition) is 4. The average Bonchev–Trinajstić information content (AvgIpc) is 3.30. The maximum Gasteiger partial charge on any atom is 0.275 e. The van der Waals surface area contributed by atoms with E-state index >= 15 is 0 Å². The van der Waals surface area contributed by atoms with Gasteiger partial charge in [0.25, 0.3) is 5.19 Å². The lowest BCUT2D eigenvalue weighted by molar-refractivity contribution is -0.116. The van der Waals surface area contributed by atoms with E-state index in [2.05, 4.69) is 15.6 Å². The summed E-state index contributed by atoms with van der Waals surface area (Å²) >= 11 is 1.25. The van der Waals surface area contributed by atoms with Crippen molar-refractivity contribution >= 4 is 28.2 Å². The molecule has 1 heterocycles. The Bertz CT molecular complexity index is 915. The zero-order valence-electron chi connectivity index (χ0n) is 20.0. The van der Waals surface area contributed by atoms with Crippen molar-refractivity contribution in [1.29, 1.82) is 0 Å². The summed E-state index contributed by atoms with van der Waals surface area (Å²) in [6, 6.07) is 6.59. The van der Waals surface area contributed by atoms with Gasteiger partial charge in [-0.1, -0.05) is 43.4 Å². The first-order valence-corrected chi connectivity index (χ1v) is 13.1. The molecule has 1 atom stereocenters. The van der Waals surface area contributed by atoms with Crippen molar-refractivity contribution in [1.82, 2.24) is 10.3 Å².